The average molecular weight is 372 g/mol. The van der Waals surface area contributed by atoms with Crippen LogP contribution in [0.1, 0.15) is 47.0 Å². The van der Waals surface area contributed by atoms with Crippen LogP contribution >= 0.6 is 0 Å². The monoisotopic (exact) mass is 370 g/mol. The van der Waals surface area contributed by atoms with Crippen LogP contribution in [-0.4, -0.2) is 63.5 Å². The molecule has 0 radical (unpaired) electrons. The van der Waals surface area contributed by atoms with E-state index in [0.717, 1.165) is 25.3 Å². The summed E-state index contributed by atoms with van der Waals surface area (Å²) in [5.41, 5.74) is -0.610. The first-order valence-electron chi connectivity index (χ1n) is 7.26. The summed E-state index contributed by atoms with van der Waals surface area (Å²) in [4.78, 5) is 0. The van der Waals surface area contributed by atoms with E-state index in [0.29, 0.717) is 26.4 Å². The van der Waals surface area contributed by atoms with Crippen LogP contribution in [0.15, 0.2) is 0 Å². The summed E-state index contributed by atoms with van der Waals surface area (Å²) in [6.45, 7) is 10.6. The fourth-order valence-electron chi connectivity index (χ4n) is 2.84. The van der Waals surface area contributed by atoms with Crippen LogP contribution in [0.5, 0.6) is 0 Å². The van der Waals surface area contributed by atoms with Gasteiger partial charge in [0.15, 0.2) is 0 Å². The summed E-state index contributed by atoms with van der Waals surface area (Å²) in [5, 5.41) is 0. The van der Waals surface area contributed by atoms with Gasteiger partial charge in [-0.1, -0.05) is 6.42 Å². The van der Waals surface area contributed by atoms with Gasteiger partial charge in [-0.05, 0) is 40.2 Å². The predicted octanol–water partition coefficient (Wildman–Crippen LogP) is -3.38. The van der Waals surface area contributed by atoms with Gasteiger partial charge in [-0.2, -0.15) is 0 Å². The Morgan fingerprint density at radius 3 is 1.67 bits per heavy atom. The molecule has 0 bridgehead atoms. The molecule has 0 saturated carbocycles. The molecule has 0 aliphatic carbocycles. The number of halogens is 2. The van der Waals surface area contributed by atoms with Crippen molar-refractivity contribution < 1.29 is 43.1 Å². The molecule has 1 heterocycles. The molecule has 21 heavy (non-hydrogen) atoms. The van der Waals surface area contributed by atoms with Crippen LogP contribution in [0.2, 0.25) is 6.04 Å². The van der Waals surface area contributed by atoms with Gasteiger partial charge in [0.1, 0.15) is 0 Å². The third-order valence-corrected chi connectivity index (χ3v) is 7.57. The quantitative estimate of drug-likeness (QED) is 0.330. The maximum Gasteiger partial charge on any atom is 2.00 e. The van der Waals surface area contributed by atoms with E-state index in [1.807, 2.05) is 27.7 Å². The minimum Gasteiger partial charge on any atom is -1.00 e. The molecule has 4 nitrogen and oxygen atoms in total. The average Bonchev–Trinajstić information content (AvgIpc) is 2.34. The SMILES string of the molecule is CCOC1(OCC)CCCC[Si]1(OCC)OCC.[Cl-].[Cl-].[Mg+2]. The molecule has 0 amide bonds. The van der Waals surface area contributed by atoms with Gasteiger partial charge < -0.3 is 43.1 Å². The van der Waals surface area contributed by atoms with Gasteiger partial charge in [-0.15, -0.1) is 0 Å². The Balaban J connectivity index is -0.00000108. The third-order valence-electron chi connectivity index (χ3n) is 3.35. The van der Waals surface area contributed by atoms with Crippen molar-refractivity contribution in [2.24, 2.45) is 0 Å². The topological polar surface area (TPSA) is 36.9 Å². The van der Waals surface area contributed by atoms with Crippen LogP contribution < -0.4 is 24.8 Å². The van der Waals surface area contributed by atoms with Crippen LogP contribution in [0.25, 0.3) is 0 Å². The zero-order valence-electron chi connectivity index (χ0n) is 13.8. The smallest absolute Gasteiger partial charge is 1.00 e. The second-order valence-corrected chi connectivity index (χ2v) is 7.79. The van der Waals surface area contributed by atoms with E-state index in [1.165, 1.54) is 0 Å². The number of ether oxygens (including phenoxy) is 2. The predicted molar refractivity (Wildman–Crippen MR) is 79.4 cm³/mol. The Kier molecular flexibility index (Phi) is 17.9. The molecule has 0 aromatic carbocycles. The number of hydrogen-bond donors (Lipinski definition) is 0. The minimum absolute atomic E-state index is 0. The fraction of sp³-hybridized carbons (Fsp3) is 1.00. The molecule has 1 aliphatic rings. The summed E-state index contributed by atoms with van der Waals surface area (Å²) in [6, 6.07) is 0.967. The first-order chi connectivity index (χ1) is 8.70. The molecule has 1 rings (SSSR count). The van der Waals surface area contributed by atoms with Gasteiger partial charge in [0.25, 0.3) is 0 Å². The van der Waals surface area contributed by atoms with Gasteiger partial charge in [0, 0.05) is 32.8 Å². The Hall–Kier alpha value is 1.40. The molecule has 0 aromatic heterocycles. The maximum absolute atomic E-state index is 6.10. The molecule has 0 unspecified atom stereocenters. The van der Waals surface area contributed by atoms with Gasteiger partial charge in [-0.3, -0.25) is 0 Å². The number of hydrogen-bond acceptors (Lipinski definition) is 4. The second-order valence-electron chi connectivity index (χ2n) is 4.44. The van der Waals surface area contributed by atoms with Crippen molar-refractivity contribution in [1.29, 1.82) is 0 Å². The zero-order chi connectivity index (χ0) is 13.5. The van der Waals surface area contributed by atoms with Gasteiger partial charge in [0.05, 0.1) is 0 Å². The Morgan fingerprint density at radius 2 is 1.29 bits per heavy atom. The Labute approximate surface area is 159 Å². The molecular formula is C13H28Cl2MgO4Si. The van der Waals surface area contributed by atoms with Crippen LogP contribution in [0.3, 0.4) is 0 Å². The minimum atomic E-state index is -2.45. The van der Waals surface area contributed by atoms with E-state index < -0.39 is 14.0 Å². The number of rotatable bonds is 8. The fourth-order valence-corrected chi connectivity index (χ4v) is 6.97. The standard InChI is InChI=1S/C13H28O4Si.2ClH.Mg/c1-5-14-13(15-6-2)11-9-10-12-18(13,16-7-3)17-8-4;;;/h5-12H2,1-4H3;2*1H;/q;;;+2/p-2. The van der Waals surface area contributed by atoms with E-state index in [2.05, 4.69) is 0 Å². The molecule has 0 N–H and O–H groups in total. The van der Waals surface area contributed by atoms with Crippen molar-refractivity contribution in [1.82, 2.24) is 0 Å². The van der Waals surface area contributed by atoms with E-state index in [4.69, 9.17) is 18.3 Å². The van der Waals surface area contributed by atoms with Gasteiger partial charge in [-0.25, -0.2) is 0 Å². The first-order valence-corrected chi connectivity index (χ1v) is 9.28. The zero-order valence-corrected chi connectivity index (χ0v) is 17.7. The molecule has 124 valence electrons. The normalized spacial score (nSPS) is 18.9. The molecule has 1 aliphatic heterocycles. The molecule has 1 saturated heterocycles. The summed E-state index contributed by atoms with van der Waals surface area (Å²) in [6.07, 6.45) is 3.16. The molecule has 8 heteroatoms. The van der Waals surface area contributed by atoms with E-state index in [-0.39, 0.29) is 47.9 Å². The molecular weight excluding hydrogens is 343 g/mol. The van der Waals surface area contributed by atoms with Crippen LogP contribution in [0, 0.1) is 0 Å². The van der Waals surface area contributed by atoms with Gasteiger partial charge >= 0.3 is 31.6 Å². The van der Waals surface area contributed by atoms with Crippen molar-refractivity contribution in [3.8, 4) is 0 Å². The van der Waals surface area contributed by atoms with Crippen molar-refractivity contribution in [3.05, 3.63) is 0 Å². The van der Waals surface area contributed by atoms with E-state index >= 15 is 0 Å². The van der Waals surface area contributed by atoms with Crippen molar-refractivity contribution >= 4 is 31.6 Å². The van der Waals surface area contributed by atoms with Gasteiger partial charge in [0.2, 0.25) is 5.41 Å². The van der Waals surface area contributed by atoms with Crippen LogP contribution in [0.4, 0.5) is 0 Å². The Morgan fingerprint density at radius 1 is 0.810 bits per heavy atom. The summed E-state index contributed by atoms with van der Waals surface area (Å²) >= 11 is 0. The van der Waals surface area contributed by atoms with E-state index in [9.17, 15) is 0 Å². The Bertz CT molecular complexity index is 203. The van der Waals surface area contributed by atoms with Crippen molar-refractivity contribution in [2.75, 3.05) is 26.4 Å². The molecule has 0 atom stereocenters. The summed E-state index contributed by atoms with van der Waals surface area (Å²) in [5.74, 6) is 0. The van der Waals surface area contributed by atoms with E-state index in [1.54, 1.807) is 0 Å². The molecule has 0 spiro atoms. The third kappa shape index (κ3) is 6.43. The molecule has 0 aromatic rings. The largest absolute Gasteiger partial charge is 2.00 e. The maximum atomic E-state index is 6.10. The molecule has 1 fully saturated rings. The van der Waals surface area contributed by atoms with Crippen LogP contribution in [-0.2, 0) is 18.3 Å². The summed E-state index contributed by atoms with van der Waals surface area (Å²) in [7, 11) is -2.45. The summed E-state index contributed by atoms with van der Waals surface area (Å²) < 4.78 is 24.2. The van der Waals surface area contributed by atoms with Crippen molar-refractivity contribution in [3.63, 3.8) is 0 Å². The first kappa shape index (κ1) is 27.3. The second kappa shape index (κ2) is 13.8. The van der Waals surface area contributed by atoms with Crippen molar-refractivity contribution in [2.45, 2.75) is 58.4 Å².